The van der Waals surface area contributed by atoms with Crippen LogP contribution in [0.4, 0.5) is 0 Å². The van der Waals surface area contributed by atoms with Gasteiger partial charge in [0.15, 0.2) is 0 Å². The molecule has 0 aromatic heterocycles. The molecule has 0 spiro atoms. The number of halogens is 2. The molecule has 0 fully saturated rings. The minimum atomic E-state index is 0. The van der Waals surface area contributed by atoms with Crippen molar-refractivity contribution >= 4 is 24.8 Å². The van der Waals surface area contributed by atoms with Gasteiger partial charge in [-0.15, -0.1) is 31.7 Å². The molecule has 0 saturated carbocycles. The molecule has 0 amide bonds. The summed E-state index contributed by atoms with van der Waals surface area (Å²) in [5.41, 5.74) is 4.39. The van der Waals surface area contributed by atoms with Gasteiger partial charge in [-0.2, -0.15) is 11.1 Å². The minimum absolute atomic E-state index is 0. The molecule has 14 heavy (non-hydrogen) atoms. The van der Waals surface area contributed by atoms with E-state index in [-0.39, 0.29) is 63.5 Å². The summed E-state index contributed by atoms with van der Waals surface area (Å²) in [5.74, 6) is 0. The molecule has 0 saturated heterocycles. The maximum Gasteiger partial charge on any atom is 0 e. The smallest absolute Gasteiger partial charge is 0 e. The Labute approximate surface area is 120 Å². The van der Waals surface area contributed by atoms with Crippen LogP contribution >= 0.6 is 24.8 Å². The van der Waals surface area contributed by atoms with Gasteiger partial charge in [0.25, 0.3) is 0 Å². The summed E-state index contributed by atoms with van der Waals surface area (Å²) in [6, 6.07) is 0. The van der Waals surface area contributed by atoms with Gasteiger partial charge in [0.1, 0.15) is 0 Å². The maximum atomic E-state index is 3.44. The molecule has 1 rings (SSSR count). The second-order valence-electron chi connectivity index (χ2n) is 3.62. The van der Waals surface area contributed by atoms with Gasteiger partial charge in [-0.3, -0.25) is 6.08 Å². The van der Waals surface area contributed by atoms with E-state index in [0.717, 1.165) is 0 Å². The predicted octanol–water partition coefficient (Wildman–Crippen LogP) is 4.40. The van der Waals surface area contributed by atoms with Crippen molar-refractivity contribution in [3.63, 3.8) is 0 Å². The van der Waals surface area contributed by atoms with Crippen molar-refractivity contribution in [2.24, 2.45) is 5.41 Å². The predicted molar refractivity (Wildman–Crippen MR) is 65.5 cm³/mol. The average Bonchev–Trinajstić information content (AvgIpc) is 1.95. The van der Waals surface area contributed by atoms with E-state index in [1.807, 2.05) is 0 Å². The molecule has 3 heteroatoms. The van der Waals surface area contributed by atoms with Crippen LogP contribution in [0.3, 0.4) is 0 Å². The first-order valence-electron chi connectivity index (χ1n) is 3.75. The zero-order valence-electron chi connectivity index (χ0n) is 9.82. The van der Waals surface area contributed by atoms with Gasteiger partial charge in [-0.25, -0.2) is 5.57 Å². The zero-order valence-corrected chi connectivity index (χ0v) is 15.0. The van der Waals surface area contributed by atoms with Crippen LogP contribution in [0.2, 0.25) is 0 Å². The third-order valence-corrected chi connectivity index (χ3v) is 2.56. The van der Waals surface area contributed by atoms with Gasteiger partial charge in [0.2, 0.25) is 0 Å². The summed E-state index contributed by atoms with van der Waals surface area (Å²) in [7, 11) is 0. The Hall–Kier alpha value is 0.930. The van der Waals surface area contributed by atoms with Crippen LogP contribution in [0, 0.1) is 18.9 Å². The second kappa shape index (κ2) is 8.13. The molecule has 0 atom stereocenters. The molecular formula is C11H20Cl2Hf-2. The van der Waals surface area contributed by atoms with Gasteiger partial charge in [-0.05, 0) is 0 Å². The maximum absolute atomic E-state index is 3.44. The van der Waals surface area contributed by atoms with Gasteiger partial charge in [0.05, 0.1) is 0 Å². The molecule has 0 radical (unpaired) electrons. The minimum Gasteiger partial charge on any atom is -0.358 e. The molecule has 0 bridgehead atoms. The van der Waals surface area contributed by atoms with Crippen LogP contribution in [-0.4, -0.2) is 0 Å². The molecule has 0 N–H and O–H groups in total. The van der Waals surface area contributed by atoms with Crippen molar-refractivity contribution in [2.75, 3.05) is 0 Å². The van der Waals surface area contributed by atoms with Gasteiger partial charge in [-0.1, -0.05) is 33.1 Å². The largest absolute Gasteiger partial charge is 0.358 e. The van der Waals surface area contributed by atoms with Crippen molar-refractivity contribution < 1.29 is 25.8 Å². The molecule has 0 aliphatic heterocycles. The molecule has 0 unspecified atom stereocenters. The Morgan fingerprint density at radius 1 is 1.00 bits per heavy atom. The topological polar surface area (TPSA) is 0 Å². The van der Waals surface area contributed by atoms with Crippen LogP contribution in [0.15, 0.2) is 16.7 Å². The van der Waals surface area contributed by atoms with E-state index in [0.29, 0.717) is 0 Å². The summed E-state index contributed by atoms with van der Waals surface area (Å²) in [4.78, 5) is 0. The fraction of sp³-hybridized carbons (Fsp3) is 0.545. The molecular weight excluding hydrogens is 382 g/mol. The Bertz CT molecular complexity index is 227. The van der Waals surface area contributed by atoms with Crippen molar-refractivity contribution in [1.29, 1.82) is 0 Å². The van der Waals surface area contributed by atoms with Crippen molar-refractivity contribution in [2.45, 2.75) is 34.6 Å². The Kier molecular flexibility index (Phi) is 14.1. The summed E-state index contributed by atoms with van der Waals surface area (Å²) in [6.45, 7) is 10.9. The first-order chi connectivity index (χ1) is 4.45. The van der Waals surface area contributed by atoms with E-state index in [2.05, 4.69) is 40.7 Å². The summed E-state index contributed by atoms with van der Waals surface area (Å²) >= 11 is 0. The first-order valence-corrected chi connectivity index (χ1v) is 3.75. The Balaban J connectivity index is -0.000000125. The summed E-state index contributed by atoms with van der Waals surface area (Å²) in [6.07, 6.45) is 3.44. The average molecular weight is 402 g/mol. The van der Waals surface area contributed by atoms with Crippen LogP contribution in [-0.2, 0) is 25.8 Å². The van der Waals surface area contributed by atoms with Crippen LogP contribution in [0.25, 0.3) is 0 Å². The fourth-order valence-electron chi connectivity index (χ4n) is 1.41. The molecule has 0 aromatic rings. The van der Waals surface area contributed by atoms with E-state index in [9.17, 15) is 0 Å². The van der Waals surface area contributed by atoms with Crippen molar-refractivity contribution in [3.05, 3.63) is 30.2 Å². The third-order valence-electron chi connectivity index (χ3n) is 2.56. The van der Waals surface area contributed by atoms with E-state index in [1.165, 1.54) is 16.7 Å². The van der Waals surface area contributed by atoms with Crippen molar-refractivity contribution in [1.82, 2.24) is 0 Å². The quantitative estimate of drug-likeness (QED) is 0.417. The van der Waals surface area contributed by atoms with E-state index in [4.69, 9.17) is 0 Å². The molecule has 0 nitrogen and oxygen atoms in total. The van der Waals surface area contributed by atoms with E-state index >= 15 is 0 Å². The van der Waals surface area contributed by atoms with Gasteiger partial charge in [0, 0.05) is 25.8 Å². The van der Waals surface area contributed by atoms with Gasteiger partial charge >= 0.3 is 0 Å². The first kappa shape index (κ1) is 24.3. The summed E-state index contributed by atoms with van der Waals surface area (Å²) < 4.78 is 0. The molecule has 1 aliphatic carbocycles. The third kappa shape index (κ3) is 4.63. The summed E-state index contributed by atoms with van der Waals surface area (Å²) in [5, 5.41) is 0. The van der Waals surface area contributed by atoms with E-state index < -0.39 is 0 Å². The normalized spacial score (nSPS) is 16.8. The van der Waals surface area contributed by atoms with Crippen molar-refractivity contribution in [3.8, 4) is 0 Å². The second-order valence-corrected chi connectivity index (χ2v) is 3.62. The van der Waals surface area contributed by atoms with Crippen LogP contribution < -0.4 is 0 Å². The number of hydrogen-bond acceptors (Lipinski definition) is 0. The standard InChI is InChI=1S/C10H15.CH3.2ClH.Hf/c1-7-6-10(4,5)9(3)8(7)2;;;;/h1-5H3;1H3;2*1H;/q2*-1;;;. The molecule has 0 aromatic carbocycles. The molecule has 84 valence electrons. The Morgan fingerprint density at radius 3 is 1.43 bits per heavy atom. The van der Waals surface area contributed by atoms with E-state index in [1.54, 1.807) is 0 Å². The van der Waals surface area contributed by atoms with Gasteiger partial charge < -0.3 is 7.43 Å². The molecule has 0 heterocycles. The SMILES string of the molecule is CC1=[C-]C(C)(C)C(C)=C1C.Cl.Cl.[CH3-].[Hf]. The fourth-order valence-corrected chi connectivity index (χ4v) is 1.41. The van der Waals surface area contributed by atoms with Crippen LogP contribution in [0.5, 0.6) is 0 Å². The Morgan fingerprint density at radius 2 is 1.36 bits per heavy atom. The van der Waals surface area contributed by atoms with Crippen LogP contribution in [0.1, 0.15) is 34.6 Å². The number of rotatable bonds is 0. The molecule has 1 aliphatic rings. The zero-order chi connectivity index (χ0) is 7.94. The number of allylic oxidation sites excluding steroid dienone is 4. The monoisotopic (exact) mass is 402 g/mol. The number of hydrogen-bond donors (Lipinski definition) is 0.